The van der Waals surface area contributed by atoms with E-state index in [-0.39, 0.29) is 5.82 Å². The molecule has 0 spiro atoms. The lowest BCUT2D eigenvalue weighted by Crippen LogP contribution is -2.32. The van der Waals surface area contributed by atoms with Gasteiger partial charge in [-0.15, -0.1) is 0 Å². The monoisotopic (exact) mass is 291 g/mol. The van der Waals surface area contributed by atoms with Crippen LogP contribution in [0.3, 0.4) is 0 Å². The van der Waals surface area contributed by atoms with Crippen molar-refractivity contribution in [1.82, 2.24) is 5.32 Å². The van der Waals surface area contributed by atoms with Gasteiger partial charge in [-0.3, -0.25) is 0 Å². The molecule has 0 radical (unpaired) electrons. The Morgan fingerprint density at radius 2 is 2.00 bits per heavy atom. The third-order valence-electron chi connectivity index (χ3n) is 5.01. The molecule has 1 N–H and O–H groups in total. The van der Waals surface area contributed by atoms with Crippen LogP contribution >= 0.6 is 0 Å². The lowest BCUT2D eigenvalue weighted by molar-refractivity contribution is 0.225. The number of aryl methyl sites for hydroxylation is 1. The molecule has 118 valence electrons. The Kier molecular flexibility index (Phi) is 6.22. The minimum Gasteiger partial charge on any atom is -0.316 e. The summed E-state index contributed by atoms with van der Waals surface area (Å²) < 4.78 is 13.8. The van der Waals surface area contributed by atoms with Gasteiger partial charge in [0.25, 0.3) is 0 Å². The number of nitrogens with one attached hydrogen (secondary N) is 1. The lowest BCUT2D eigenvalue weighted by Gasteiger charge is -2.36. The second-order valence-corrected chi connectivity index (χ2v) is 6.72. The topological polar surface area (TPSA) is 12.0 Å². The second kappa shape index (κ2) is 7.93. The summed E-state index contributed by atoms with van der Waals surface area (Å²) in [5, 5.41) is 3.57. The van der Waals surface area contributed by atoms with E-state index < -0.39 is 0 Å². The molecule has 1 aromatic carbocycles. The molecule has 0 bridgehead atoms. The molecule has 2 rings (SSSR count). The first-order valence-electron chi connectivity index (χ1n) is 8.61. The summed E-state index contributed by atoms with van der Waals surface area (Å²) >= 11 is 0. The molecular weight excluding hydrogens is 261 g/mol. The molecular formula is C19H30FN. The maximum Gasteiger partial charge on any atom is 0.123 e. The molecule has 0 heterocycles. The van der Waals surface area contributed by atoms with Gasteiger partial charge in [0.05, 0.1) is 0 Å². The molecule has 0 saturated heterocycles. The van der Waals surface area contributed by atoms with E-state index in [1.807, 2.05) is 6.92 Å². The zero-order valence-electron chi connectivity index (χ0n) is 13.8. The zero-order chi connectivity index (χ0) is 15.2. The van der Waals surface area contributed by atoms with E-state index in [2.05, 4.69) is 25.2 Å². The Morgan fingerprint density at radius 1 is 1.19 bits per heavy atom. The molecule has 1 aliphatic carbocycles. The third kappa shape index (κ3) is 4.54. The smallest absolute Gasteiger partial charge is 0.123 e. The minimum atomic E-state index is -0.0797. The van der Waals surface area contributed by atoms with Gasteiger partial charge in [-0.1, -0.05) is 32.8 Å². The first kappa shape index (κ1) is 16.5. The van der Waals surface area contributed by atoms with Crippen molar-refractivity contribution >= 4 is 0 Å². The molecule has 1 saturated carbocycles. The summed E-state index contributed by atoms with van der Waals surface area (Å²) in [5.41, 5.74) is 2.26. The number of hydrogen-bond donors (Lipinski definition) is 1. The molecule has 0 amide bonds. The van der Waals surface area contributed by atoms with E-state index in [1.165, 1.54) is 37.7 Å². The second-order valence-electron chi connectivity index (χ2n) is 6.72. The maximum atomic E-state index is 13.8. The highest BCUT2D eigenvalue weighted by Gasteiger charge is 2.30. The Labute approximate surface area is 129 Å². The van der Waals surface area contributed by atoms with E-state index in [9.17, 15) is 4.39 Å². The molecule has 3 atom stereocenters. The van der Waals surface area contributed by atoms with Crippen LogP contribution in [0, 0.1) is 24.6 Å². The number of rotatable bonds is 6. The van der Waals surface area contributed by atoms with Crippen LogP contribution in [0.4, 0.5) is 4.39 Å². The summed E-state index contributed by atoms with van der Waals surface area (Å²) in [5.74, 6) is 1.90. The summed E-state index contributed by atoms with van der Waals surface area (Å²) in [6.07, 6.45) is 6.25. The zero-order valence-corrected chi connectivity index (χ0v) is 13.8. The summed E-state index contributed by atoms with van der Waals surface area (Å²) in [6.45, 7) is 8.65. The van der Waals surface area contributed by atoms with Gasteiger partial charge in [0.1, 0.15) is 5.82 Å². The summed E-state index contributed by atoms with van der Waals surface area (Å²) in [6, 6.07) is 5.59. The van der Waals surface area contributed by atoms with Crippen LogP contribution in [0.15, 0.2) is 18.2 Å². The molecule has 1 nitrogen and oxygen atoms in total. The predicted octanol–water partition coefficient (Wildman–Crippen LogP) is 5.04. The maximum absolute atomic E-state index is 13.8. The largest absolute Gasteiger partial charge is 0.316 e. The first-order chi connectivity index (χ1) is 10.1. The third-order valence-corrected chi connectivity index (χ3v) is 5.01. The fourth-order valence-corrected chi connectivity index (χ4v) is 3.79. The van der Waals surface area contributed by atoms with Crippen molar-refractivity contribution in [2.75, 3.05) is 13.1 Å². The van der Waals surface area contributed by atoms with E-state index >= 15 is 0 Å². The van der Waals surface area contributed by atoms with Crippen LogP contribution in [-0.4, -0.2) is 13.1 Å². The normalized spacial score (nSPS) is 26.0. The van der Waals surface area contributed by atoms with Crippen LogP contribution in [0.2, 0.25) is 0 Å². The minimum absolute atomic E-state index is 0.0797. The van der Waals surface area contributed by atoms with Crippen molar-refractivity contribution in [2.45, 2.75) is 58.8 Å². The summed E-state index contributed by atoms with van der Waals surface area (Å²) in [7, 11) is 0. The Morgan fingerprint density at radius 3 is 2.67 bits per heavy atom. The SMILES string of the molecule is CCCNCC1CCC(CC)CC1c1cc(C)cc(F)c1. The fraction of sp³-hybridized carbons (Fsp3) is 0.684. The molecule has 0 aromatic heterocycles. The van der Waals surface area contributed by atoms with Crippen molar-refractivity contribution in [3.8, 4) is 0 Å². The van der Waals surface area contributed by atoms with Gasteiger partial charge in [-0.2, -0.15) is 0 Å². The van der Waals surface area contributed by atoms with Crippen LogP contribution in [0.25, 0.3) is 0 Å². The van der Waals surface area contributed by atoms with Crippen molar-refractivity contribution in [2.24, 2.45) is 11.8 Å². The highest BCUT2D eigenvalue weighted by molar-refractivity contribution is 5.27. The Balaban J connectivity index is 2.15. The molecule has 1 fully saturated rings. The van der Waals surface area contributed by atoms with Crippen molar-refractivity contribution in [3.05, 3.63) is 35.1 Å². The average Bonchev–Trinajstić information content (AvgIpc) is 2.46. The highest BCUT2D eigenvalue weighted by Crippen LogP contribution is 2.41. The van der Waals surface area contributed by atoms with Crippen molar-refractivity contribution < 1.29 is 4.39 Å². The number of hydrogen-bond acceptors (Lipinski definition) is 1. The molecule has 1 aromatic rings. The predicted molar refractivity (Wildman–Crippen MR) is 88.2 cm³/mol. The molecule has 3 unspecified atom stereocenters. The average molecular weight is 291 g/mol. The van der Waals surface area contributed by atoms with Crippen LogP contribution in [0.1, 0.15) is 63.0 Å². The van der Waals surface area contributed by atoms with E-state index in [4.69, 9.17) is 0 Å². The van der Waals surface area contributed by atoms with E-state index in [1.54, 1.807) is 12.1 Å². The van der Waals surface area contributed by atoms with Gasteiger partial charge < -0.3 is 5.32 Å². The van der Waals surface area contributed by atoms with Gasteiger partial charge in [-0.25, -0.2) is 4.39 Å². The molecule has 2 heteroatoms. The standard InChI is InChI=1S/C19H30FN/c1-4-8-21-13-16-7-6-15(5-2)11-19(16)17-9-14(3)10-18(20)12-17/h9-10,12,15-16,19,21H,4-8,11,13H2,1-3H3. The van der Waals surface area contributed by atoms with E-state index in [0.29, 0.717) is 11.8 Å². The van der Waals surface area contributed by atoms with Crippen molar-refractivity contribution in [3.63, 3.8) is 0 Å². The number of halogens is 1. The molecule has 1 aliphatic rings. The number of benzene rings is 1. The molecule has 21 heavy (non-hydrogen) atoms. The van der Waals surface area contributed by atoms with Gasteiger partial charge in [-0.05, 0) is 80.3 Å². The molecule has 0 aliphatic heterocycles. The Hall–Kier alpha value is -0.890. The van der Waals surface area contributed by atoms with Crippen LogP contribution < -0.4 is 5.32 Å². The lowest BCUT2D eigenvalue weighted by atomic mass is 9.70. The van der Waals surface area contributed by atoms with Crippen LogP contribution in [0.5, 0.6) is 0 Å². The van der Waals surface area contributed by atoms with Gasteiger partial charge in [0.2, 0.25) is 0 Å². The van der Waals surface area contributed by atoms with Gasteiger partial charge in [0.15, 0.2) is 0 Å². The quantitative estimate of drug-likeness (QED) is 0.724. The van der Waals surface area contributed by atoms with Gasteiger partial charge >= 0.3 is 0 Å². The van der Waals surface area contributed by atoms with E-state index in [0.717, 1.165) is 24.6 Å². The highest BCUT2D eigenvalue weighted by atomic mass is 19.1. The fourth-order valence-electron chi connectivity index (χ4n) is 3.79. The first-order valence-corrected chi connectivity index (χ1v) is 8.61. The summed E-state index contributed by atoms with van der Waals surface area (Å²) in [4.78, 5) is 0. The van der Waals surface area contributed by atoms with Crippen molar-refractivity contribution in [1.29, 1.82) is 0 Å². The Bertz CT molecular complexity index is 421. The van der Waals surface area contributed by atoms with Gasteiger partial charge in [0, 0.05) is 0 Å². The van der Waals surface area contributed by atoms with Crippen LogP contribution in [-0.2, 0) is 0 Å².